The Hall–Kier alpha value is -4.02. The van der Waals surface area contributed by atoms with Gasteiger partial charge in [-0.1, -0.05) is 78.5 Å². The van der Waals surface area contributed by atoms with Crippen LogP contribution >= 0.6 is 23.5 Å². The van der Waals surface area contributed by atoms with E-state index in [1.54, 1.807) is 27.0 Å². The van der Waals surface area contributed by atoms with Gasteiger partial charge in [0.15, 0.2) is 6.10 Å². The summed E-state index contributed by atoms with van der Waals surface area (Å²) in [5, 5.41) is 4.85. The van der Waals surface area contributed by atoms with Crippen molar-refractivity contribution in [2.75, 3.05) is 5.75 Å². The summed E-state index contributed by atoms with van der Waals surface area (Å²) in [6, 6.07) is 23.8. The zero-order chi connectivity index (χ0) is 29.7. The van der Waals surface area contributed by atoms with Crippen molar-refractivity contribution < 1.29 is 23.9 Å². The van der Waals surface area contributed by atoms with Gasteiger partial charge in [-0.25, -0.2) is 14.6 Å². The number of ether oxygens (including phenoxy) is 2. The van der Waals surface area contributed by atoms with Crippen molar-refractivity contribution >= 4 is 41.5 Å². The molecule has 0 saturated carbocycles. The Morgan fingerprint density at radius 1 is 1.02 bits per heavy atom. The highest BCUT2D eigenvalue weighted by atomic mass is 32.2. The number of aromatic nitrogens is 1. The van der Waals surface area contributed by atoms with E-state index in [9.17, 15) is 14.4 Å². The summed E-state index contributed by atoms with van der Waals surface area (Å²) in [4.78, 5) is 45.6. The van der Waals surface area contributed by atoms with Gasteiger partial charge in [-0.05, 0) is 61.1 Å². The van der Waals surface area contributed by atoms with Gasteiger partial charge in [0.25, 0.3) is 5.91 Å². The first-order chi connectivity index (χ1) is 20.2. The monoisotopic (exact) mass is 601 g/mol. The van der Waals surface area contributed by atoms with Crippen LogP contribution in [0.25, 0.3) is 0 Å². The quantitative estimate of drug-likeness (QED) is 0.188. The summed E-state index contributed by atoms with van der Waals surface area (Å²) < 4.78 is 11.5. The lowest BCUT2D eigenvalue weighted by Gasteiger charge is -2.49. The Morgan fingerprint density at radius 2 is 1.67 bits per heavy atom. The fourth-order valence-corrected chi connectivity index (χ4v) is 6.51. The largest absolute Gasteiger partial charge is 0.448 e. The Balaban J connectivity index is 1.44. The number of carbonyl (C=O) groups excluding carboxylic acids is 3. The number of benzene rings is 2. The zero-order valence-electron chi connectivity index (χ0n) is 23.4. The number of amides is 2. The van der Waals surface area contributed by atoms with E-state index in [4.69, 9.17) is 9.47 Å². The van der Waals surface area contributed by atoms with Crippen LogP contribution in [0.3, 0.4) is 0 Å². The predicted octanol–water partition coefficient (Wildman–Crippen LogP) is 6.08. The average Bonchev–Trinajstić information content (AvgIpc) is 2.98. The summed E-state index contributed by atoms with van der Waals surface area (Å²) >= 11 is 2.87. The van der Waals surface area contributed by atoms with Crippen LogP contribution in [0.4, 0.5) is 4.79 Å². The van der Waals surface area contributed by atoms with Crippen molar-refractivity contribution in [3.8, 4) is 0 Å². The highest BCUT2D eigenvalue weighted by Crippen LogP contribution is 2.42. The normalized spacial score (nSPS) is 18.5. The second kappa shape index (κ2) is 12.9. The third-order valence-corrected chi connectivity index (χ3v) is 8.45. The van der Waals surface area contributed by atoms with E-state index in [1.165, 1.54) is 28.4 Å². The topological polar surface area (TPSA) is 97.8 Å². The minimum Gasteiger partial charge on any atom is -0.448 e. The average molecular weight is 602 g/mol. The molecule has 10 heteroatoms. The van der Waals surface area contributed by atoms with Gasteiger partial charge in [0.1, 0.15) is 27.7 Å². The molecule has 1 fully saturated rings. The molecular formula is C32H31N3O5S2. The number of nitrogens with zero attached hydrogens (tertiary/aromatic N) is 2. The zero-order valence-corrected chi connectivity index (χ0v) is 25.1. The minimum absolute atomic E-state index is 0.167. The molecule has 1 N–H and O–H groups in total. The fourth-order valence-electron chi connectivity index (χ4n) is 4.54. The molecule has 3 heterocycles. The molecule has 2 atom stereocenters. The number of esters is 1. The van der Waals surface area contributed by atoms with Crippen molar-refractivity contribution in [3.05, 3.63) is 119 Å². The number of hydrogen-bond acceptors (Lipinski definition) is 8. The second-order valence-corrected chi connectivity index (χ2v) is 12.6. The molecule has 0 radical (unpaired) electrons. The van der Waals surface area contributed by atoms with E-state index in [1.807, 2.05) is 90.3 Å². The molecule has 8 nitrogen and oxygen atoms in total. The first-order valence-corrected chi connectivity index (χ1v) is 15.4. The van der Waals surface area contributed by atoms with Gasteiger partial charge in [-0.3, -0.25) is 9.69 Å². The first kappa shape index (κ1) is 29.5. The molecule has 1 saturated heterocycles. The number of alkyl carbamates (subject to hydrolysis) is 1. The highest BCUT2D eigenvalue weighted by molar-refractivity contribution is 8.02. The number of pyridine rings is 1. The van der Waals surface area contributed by atoms with Crippen LogP contribution in [0, 0.1) is 0 Å². The molecule has 1 aromatic heterocycles. The van der Waals surface area contributed by atoms with Crippen LogP contribution in [-0.2, 0) is 19.1 Å². The number of thioether (sulfide) groups is 2. The third kappa shape index (κ3) is 6.88. The van der Waals surface area contributed by atoms with Crippen LogP contribution in [0.5, 0.6) is 0 Å². The van der Waals surface area contributed by atoms with E-state index in [2.05, 4.69) is 10.3 Å². The maximum Gasteiger partial charge on any atom is 0.408 e. The van der Waals surface area contributed by atoms with Gasteiger partial charge < -0.3 is 14.8 Å². The number of carbonyl (C=O) groups is 3. The molecule has 0 bridgehead atoms. The third-order valence-electron chi connectivity index (χ3n) is 6.39. The maximum atomic E-state index is 14.0. The summed E-state index contributed by atoms with van der Waals surface area (Å²) in [5.74, 6) is -0.583. The van der Waals surface area contributed by atoms with E-state index >= 15 is 0 Å². The lowest BCUT2D eigenvalue weighted by molar-refractivity contribution is -0.153. The Kier molecular flexibility index (Phi) is 9.03. The Morgan fingerprint density at radius 3 is 2.26 bits per heavy atom. The number of hydrogen-bond donors (Lipinski definition) is 1. The van der Waals surface area contributed by atoms with E-state index < -0.39 is 41.1 Å². The summed E-state index contributed by atoms with van der Waals surface area (Å²) in [6.45, 7) is 5.27. The highest BCUT2D eigenvalue weighted by Gasteiger charge is 2.54. The molecular weight excluding hydrogens is 571 g/mol. The molecule has 2 amide bonds. The van der Waals surface area contributed by atoms with Gasteiger partial charge in [0, 0.05) is 11.9 Å². The van der Waals surface area contributed by atoms with Gasteiger partial charge in [0.2, 0.25) is 0 Å². The molecule has 2 aliphatic rings. The van der Waals surface area contributed by atoms with Crippen molar-refractivity contribution in [3.63, 3.8) is 0 Å². The SMILES string of the molecule is CC(C)(C)OC(=O)NC1C(=O)N2C(C(=O)OC(c3ccccc3)c3ccccc3)=C(C=CSc3ccccn3)CS[C@H]12. The van der Waals surface area contributed by atoms with Gasteiger partial charge in [-0.15, -0.1) is 11.8 Å². The molecule has 216 valence electrons. The summed E-state index contributed by atoms with van der Waals surface area (Å²) in [7, 11) is 0. The minimum atomic E-state index is -0.819. The molecule has 0 aliphatic carbocycles. The number of nitrogens with one attached hydrogen (secondary N) is 1. The number of allylic oxidation sites excluding steroid dienone is 1. The van der Waals surface area contributed by atoms with Crippen molar-refractivity contribution in [1.82, 2.24) is 15.2 Å². The van der Waals surface area contributed by atoms with Crippen LogP contribution in [0.2, 0.25) is 0 Å². The van der Waals surface area contributed by atoms with Crippen molar-refractivity contribution in [1.29, 1.82) is 0 Å². The van der Waals surface area contributed by atoms with Crippen LogP contribution in [0.1, 0.15) is 38.0 Å². The van der Waals surface area contributed by atoms with Crippen LogP contribution < -0.4 is 5.32 Å². The molecule has 2 aliphatic heterocycles. The van der Waals surface area contributed by atoms with Crippen LogP contribution in [0.15, 0.2) is 113 Å². The summed E-state index contributed by atoms with van der Waals surface area (Å²) in [5.41, 5.74) is 1.72. The predicted molar refractivity (Wildman–Crippen MR) is 163 cm³/mol. The van der Waals surface area contributed by atoms with Gasteiger partial charge in [0.05, 0.1) is 0 Å². The smallest absolute Gasteiger partial charge is 0.408 e. The summed E-state index contributed by atoms with van der Waals surface area (Å²) in [6.07, 6.45) is 2.17. The van der Waals surface area contributed by atoms with E-state index in [0.717, 1.165) is 16.2 Å². The lowest BCUT2D eigenvalue weighted by Crippen LogP contribution is -2.70. The fraction of sp³-hybridized carbons (Fsp3) is 0.250. The maximum absolute atomic E-state index is 14.0. The molecule has 1 unspecified atom stereocenters. The molecule has 5 rings (SSSR count). The number of rotatable bonds is 8. The first-order valence-electron chi connectivity index (χ1n) is 13.4. The van der Waals surface area contributed by atoms with Crippen molar-refractivity contribution in [2.24, 2.45) is 0 Å². The standard InChI is InChI=1S/C32H31N3O5S2/c1-32(2,3)40-31(38)34-25-28(36)35-26(23(20-42-29(25)35)17-19-41-24-16-10-11-18-33-24)30(37)39-27(21-12-6-4-7-13-21)22-14-8-5-9-15-22/h4-19,25,27,29H,20H2,1-3H3,(H,34,38)/t25?,29-/m1/s1. The van der Waals surface area contributed by atoms with Crippen LogP contribution in [-0.4, -0.2) is 50.6 Å². The Bertz CT molecular complexity index is 1450. The van der Waals surface area contributed by atoms with E-state index in [0.29, 0.717) is 11.3 Å². The molecule has 42 heavy (non-hydrogen) atoms. The Labute approximate surface area is 253 Å². The molecule has 3 aromatic rings. The number of β-lactam (4-membered cyclic amide) rings is 1. The number of fused-ring (bicyclic) bond motifs is 1. The van der Waals surface area contributed by atoms with Crippen molar-refractivity contribution in [2.45, 2.75) is 48.9 Å². The molecule has 2 aromatic carbocycles. The lowest BCUT2D eigenvalue weighted by atomic mass is 10.0. The van der Waals surface area contributed by atoms with Gasteiger partial charge >= 0.3 is 12.1 Å². The van der Waals surface area contributed by atoms with E-state index in [-0.39, 0.29) is 5.70 Å². The second-order valence-electron chi connectivity index (χ2n) is 10.6. The van der Waals surface area contributed by atoms with Gasteiger partial charge in [-0.2, -0.15) is 0 Å². The molecule has 0 spiro atoms.